The highest BCUT2D eigenvalue weighted by molar-refractivity contribution is 6.32. The fourth-order valence-corrected chi connectivity index (χ4v) is 3.10. The summed E-state index contributed by atoms with van der Waals surface area (Å²) in [5, 5.41) is 0.837. The molecule has 2 aromatic heterocycles. The second-order valence-corrected chi connectivity index (χ2v) is 6.28. The van der Waals surface area contributed by atoms with E-state index in [2.05, 4.69) is 15.0 Å². The van der Waals surface area contributed by atoms with Gasteiger partial charge in [-0.1, -0.05) is 0 Å². The number of amides is 1. The van der Waals surface area contributed by atoms with Gasteiger partial charge < -0.3 is 15.2 Å². The Morgan fingerprint density at radius 3 is 2.96 bits per heavy atom. The quantitative estimate of drug-likeness (QED) is 0.629. The highest BCUT2D eigenvalue weighted by atomic mass is 19.1. The number of hydrogen-bond donors (Lipinski definition) is 1. The van der Waals surface area contributed by atoms with Crippen LogP contribution in [0.5, 0.6) is 0 Å². The van der Waals surface area contributed by atoms with E-state index in [-0.39, 0.29) is 12.5 Å². The lowest BCUT2D eigenvalue weighted by Gasteiger charge is -2.23. The molecular weight excluding hydrogens is 335 g/mol. The summed E-state index contributed by atoms with van der Waals surface area (Å²) in [6.07, 6.45) is 2.75. The van der Waals surface area contributed by atoms with E-state index in [9.17, 15) is 9.18 Å². The SMILES string of the molecule is CN1CCc2c(c3ccc(N=C(C=NCCCF)CN)nc3n2C)C1=O. The summed E-state index contributed by atoms with van der Waals surface area (Å²) >= 11 is 0. The van der Waals surface area contributed by atoms with Crippen LogP contribution in [0.2, 0.25) is 0 Å². The Morgan fingerprint density at radius 1 is 1.42 bits per heavy atom. The number of hydrogen-bond acceptors (Lipinski definition) is 5. The van der Waals surface area contributed by atoms with Crippen molar-refractivity contribution in [1.82, 2.24) is 14.5 Å². The third-order valence-electron chi connectivity index (χ3n) is 4.51. The monoisotopic (exact) mass is 358 g/mol. The minimum atomic E-state index is -0.392. The fourth-order valence-electron chi connectivity index (χ4n) is 3.10. The van der Waals surface area contributed by atoms with Crippen LogP contribution >= 0.6 is 0 Å². The van der Waals surface area contributed by atoms with Gasteiger partial charge in [0.05, 0.1) is 17.9 Å². The number of rotatable bonds is 6. The molecule has 3 heterocycles. The summed E-state index contributed by atoms with van der Waals surface area (Å²) in [4.78, 5) is 27.4. The predicted octanol–water partition coefficient (Wildman–Crippen LogP) is 1.66. The Kier molecular flexibility index (Phi) is 5.41. The maximum absolute atomic E-state index is 12.5. The standard InChI is InChI=1S/C18H23FN6O/c1-24-9-6-14-16(18(24)26)13-4-5-15(23-17(13)25(14)2)22-12(10-20)11-21-8-3-7-19/h4-5,11H,3,6-10,20H2,1-2H3. The van der Waals surface area contributed by atoms with Crippen molar-refractivity contribution in [3.05, 3.63) is 23.4 Å². The number of aliphatic imine (C=N–C) groups is 2. The molecule has 0 saturated heterocycles. The van der Waals surface area contributed by atoms with Gasteiger partial charge in [-0.05, 0) is 18.6 Å². The second-order valence-electron chi connectivity index (χ2n) is 6.28. The Balaban J connectivity index is 1.97. The molecule has 26 heavy (non-hydrogen) atoms. The van der Waals surface area contributed by atoms with Gasteiger partial charge in [0.2, 0.25) is 0 Å². The average Bonchev–Trinajstić information content (AvgIpc) is 2.93. The number of carbonyl (C=O) groups excluding carboxylic acids is 1. The summed E-state index contributed by atoms with van der Waals surface area (Å²) in [5.74, 6) is 0.534. The minimum Gasteiger partial charge on any atom is -0.341 e. The first-order valence-electron chi connectivity index (χ1n) is 8.64. The Bertz CT molecular complexity index is 885. The molecule has 7 nitrogen and oxygen atoms in total. The molecule has 1 aliphatic rings. The van der Waals surface area contributed by atoms with Crippen LogP contribution < -0.4 is 5.73 Å². The molecule has 1 amide bonds. The van der Waals surface area contributed by atoms with E-state index < -0.39 is 6.67 Å². The average molecular weight is 358 g/mol. The molecule has 0 bridgehead atoms. The molecule has 0 aliphatic carbocycles. The van der Waals surface area contributed by atoms with Gasteiger partial charge in [-0.15, -0.1) is 0 Å². The number of likely N-dealkylation sites (N-methyl/N-ethyl adjacent to an activating group) is 1. The molecular formula is C18H23FN6O. The van der Waals surface area contributed by atoms with Crippen molar-refractivity contribution in [3.63, 3.8) is 0 Å². The predicted molar refractivity (Wildman–Crippen MR) is 101 cm³/mol. The van der Waals surface area contributed by atoms with Crippen LogP contribution in [-0.4, -0.2) is 65.6 Å². The molecule has 138 valence electrons. The van der Waals surface area contributed by atoms with E-state index in [0.717, 1.165) is 28.7 Å². The van der Waals surface area contributed by atoms with E-state index >= 15 is 0 Å². The van der Waals surface area contributed by atoms with Crippen LogP contribution in [0.15, 0.2) is 22.1 Å². The fraction of sp³-hybridized carbons (Fsp3) is 0.444. The third kappa shape index (κ3) is 3.37. The molecule has 2 N–H and O–H groups in total. The lowest BCUT2D eigenvalue weighted by molar-refractivity contribution is 0.0781. The Morgan fingerprint density at radius 2 is 2.23 bits per heavy atom. The largest absolute Gasteiger partial charge is 0.341 e. The van der Waals surface area contributed by atoms with Gasteiger partial charge in [0.15, 0.2) is 5.82 Å². The van der Waals surface area contributed by atoms with Crippen LogP contribution in [-0.2, 0) is 13.5 Å². The molecule has 0 spiro atoms. The van der Waals surface area contributed by atoms with Gasteiger partial charge in [0.25, 0.3) is 5.91 Å². The van der Waals surface area contributed by atoms with E-state index in [4.69, 9.17) is 5.73 Å². The van der Waals surface area contributed by atoms with E-state index in [1.165, 1.54) is 0 Å². The van der Waals surface area contributed by atoms with Crippen LogP contribution in [0.3, 0.4) is 0 Å². The zero-order valence-corrected chi connectivity index (χ0v) is 15.1. The summed E-state index contributed by atoms with van der Waals surface area (Å²) in [7, 11) is 3.73. The molecule has 0 atom stereocenters. The molecule has 2 aromatic rings. The van der Waals surface area contributed by atoms with E-state index in [0.29, 0.717) is 31.0 Å². The molecule has 3 rings (SSSR count). The van der Waals surface area contributed by atoms with Crippen molar-refractivity contribution < 1.29 is 9.18 Å². The van der Waals surface area contributed by atoms with Gasteiger partial charge in [-0.25, -0.2) is 9.98 Å². The number of aryl methyl sites for hydroxylation is 1. The number of carbonyl (C=O) groups is 1. The van der Waals surface area contributed by atoms with Crippen molar-refractivity contribution in [3.8, 4) is 0 Å². The van der Waals surface area contributed by atoms with Crippen LogP contribution in [0.4, 0.5) is 10.2 Å². The van der Waals surface area contributed by atoms with E-state index in [1.807, 2.05) is 24.7 Å². The van der Waals surface area contributed by atoms with Crippen molar-refractivity contribution >= 4 is 34.7 Å². The number of nitrogens with two attached hydrogens (primary N) is 1. The third-order valence-corrected chi connectivity index (χ3v) is 4.51. The summed E-state index contributed by atoms with van der Waals surface area (Å²) in [6.45, 7) is 0.929. The number of nitrogens with zero attached hydrogens (tertiary/aromatic N) is 5. The highest BCUT2D eigenvalue weighted by Crippen LogP contribution is 2.30. The van der Waals surface area contributed by atoms with Crippen molar-refractivity contribution in [2.75, 3.05) is 33.4 Å². The lowest BCUT2D eigenvalue weighted by Crippen LogP contribution is -2.34. The first-order valence-corrected chi connectivity index (χ1v) is 8.64. The molecule has 1 aliphatic heterocycles. The van der Waals surface area contributed by atoms with Crippen LogP contribution in [0.25, 0.3) is 11.0 Å². The molecule has 0 aromatic carbocycles. The number of fused-ring (bicyclic) bond motifs is 3. The number of aromatic nitrogens is 2. The zero-order chi connectivity index (χ0) is 18.7. The normalized spacial score (nSPS) is 15.3. The number of pyridine rings is 1. The van der Waals surface area contributed by atoms with Crippen molar-refractivity contribution in [2.45, 2.75) is 12.8 Å². The smallest absolute Gasteiger partial charge is 0.256 e. The Labute approximate surface area is 151 Å². The van der Waals surface area contributed by atoms with Gasteiger partial charge in [-0.3, -0.25) is 14.2 Å². The van der Waals surface area contributed by atoms with Crippen molar-refractivity contribution in [1.29, 1.82) is 0 Å². The summed E-state index contributed by atoms with van der Waals surface area (Å²) in [5.41, 5.74) is 8.74. The summed E-state index contributed by atoms with van der Waals surface area (Å²) in [6, 6.07) is 3.65. The van der Waals surface area contributed by atoms with Crippen LogP contribution in [0.1, 0.15) is 22.5 Å². The summed E-state index contributed by atoms with van der Waals surface area (Å²) < 4.78 is 14.1. The molecule has 0 saturated carbocycles. The van der Waals surface area contributed by atoms with Gasteiger partial charge >= 0.3 is 0 Å². The minimum absolute atomic E-state index is 0.0255. The van der Waals surface area contributed by atoms with Crippen molar-refractivity contribution in [2.24, 2.45) is 22.8 Å². The molecule has 8 heteroatoms. The lowest BCUT2D eigenvalue weighted by atomic mass is 10.1. The maximum Gasteiger partial charge on any atom is 0.256 e. The highest BCUT2D eigenvalue weighted by Gasteiger charge is 2.28. The first kappa shape index (κ1) is 18.2. The van der Waals surface area contributed by atoms with E-state index in [1.54, 1.807) is 17.2 Å². The molecule has 0 unspecified atom stereocenters. The number of halogens is 1. The zero-order valence-electron chi connectivity index (χ0n) is 15.1. The van der Waals surface area contributed by atoms with Gasteiger partial charge in [0, 0.05) is 57.4 Å². The second kappa shape index (κ2) is 7.74. The first-order chi connectivity index (χ1) is 12.6. The number of alkyl halides is 1. The Hall–Kier alpha value is -2.61. The molecule has 0 fully saturated rings. The maximum atomic E-state index is 12.5. The van der Waals surface area contributed by atoms with Crippen LogP contribution in [0, 0.1) is 0 Å². The van der Waals surface area contributed by atoms with Gasteiger partial charge in [0.1, 0.15) is 5.65 Å². The molecule has 0 radical (unpaired) electrons. The van der Waals surface area contributed by atoms with Gasteiger partial charge in [-0.2, -0.15) is 0 Å². The topological polar surface area (TPSA) is 88.9 Å².